The van der Waals surface area contributed by atoms with Gasteiger partial charge in [0.15, 0.2) is 6.10 Å². The normalized spacial score (nSPS) is 19.2. The monoisotopic (exact) mass is 903 g/mol. The molecule has 3 fully saturated rings. The number of carbonyl (C=O) groups is 5. The van der Waals surface area contributed by atoms with Gasteiger partial charge in [0.25, 0.3) is 5.91 Å². The lowest BCUT2D eigenvalue weighted by Gasteiger charge is -2.38. The average Bonchev–Trinajstić information content (AvgIpc) is 3.43. The van der Waals surface area contributed by atoms with Crippen LogP contribution in [0.2, 0.25) is 5.02 Å². The Morgan fingerprint density at radius 3 is 2.43 bits per heavy atom. The van der Waals surface area contributed by atoms with Gasteiger partial charge in [0, 0.05) is 70.9 Å². The molecule has 1 unspecified atom stereocenters. The molecule has 5 amide bonds. The first kappa shape index (κ1) is 47.7. The van der Waals surface area contributed by atoms with Crippen molar-refractivity contribution in [3.8, 4) is 0 Å². The molecule has 14 nitrogen and oxygen atoms in total. The molecule has 4 heterocycles. The standard InChI is InChI=1S/C45H61ClF3N7O7/c1-30(32-12-20-53(21-13-32)29-40(58)62-25-7-18-54-17-6-5-10-39(54)57)11-19-52(2)42(59)38(28-31-26-35(45(47,48)49)41(50)36(46)27-31)63-44(61)55-22-15-34(16-23-55)56-24-14-33-8-3-4-9-37(33)51-43(56)60/h3-4,8-9,26-27,30,32,34,38H,5-7,10-25,28-29,50H2,1-2H3,(H,51,60)/t30?,38-/m1/s1. The zero-order valence-corrected chi connectivity index (χ0v) is 37.1. The maximum absolute atomic E-state index is 14.1. The Morgan fingerprint density at radius 2 is 1.71 bits per heavy atom. The average molecular weight is 904 g/mol. The van der Waals surface area contributed by atoms with Crippen LogP contribution in [0.4, 0.5) is 34.1 Å². The van der Waals surface area contributed by atoms with E-state index in [1.54, 1.807) is 11.9 Å². The second-order valence-electron chi connectivity index (χ2n) is 17.4. The third-order valence-electron chi connectivity index (χ3n) is 13.1. The van der Waals surface area contributed by atoms with Gasteiger partial charge in [-0.3, -0.25) is 19.3 Å². The summed E-state index contributed by atoms with van der Waals surface area (Å²) in [6.07, 6.45) is -0.289. The predicted octanol–water partition coefficient (Wildman–Crippen LogP) is 6.69. The first-order chi connectivity index (χ1) is 30.1. The summed E-state index contributed by atoms with van der Waals surface area (Å²) in [4.78, 5) is 74.1. The Kier molecular flexibility index (Phi) is 16.5. The van der Waals surface area contributed by atoms with Gasteiger partial charge in [-0.05, 0) is 112 Å². The fourth-order valence-electron chi connectivity index (χ4n) is 9.15. The van der Waals surface area contributed by atoms with E-state index in [1.807, 2.05) is 29.2 Å². The number of halogens is 4. The van der Waals surface area contributed by atoms with Gasteiger partial charge in [0.2, 0.25) is 5.91 Å². The van der Waals surface area contributed by atoms with E-state index in [0.29, 0.717) is 64.1 Å². The minimum absolute atomic E-state index is 0.0332. The number of likely N-dealkylation sites (tertiary alicyclic amines) is 3. The lowest BCUT2D eigenvalue weighted by molar-refractivity contribution is -0.145. The van der Waals surface area contributed by atoms with Crippen LogP contribution in [0, 0.1) is 11.8 Å². The van der Waals surface area contributed by atoms with Gasteiger partial charge >= 0.3 is 24.3 Å². The Labute approximate surface area is 372 Å². The molecular formula is C45H61ClF3N7O7. The molecule has 4 aliphatic rings. The van der Waals surface area contributed by atoms with E-state index >= 15 is 0 Å². The number of benzene rings is 2. The number of esters is 1. The van der Waals surface area contributed by atoms with Gasteiger partial charge in [-0.25, -0.2) is 9.59 Å². The van der Waals surface area contributed by atoms with Crippen LogP contribution < -0.4 is 11.1 Å². The van der Waals surface area contributed by atoms with E-state index in [9.17, 15) is 37.1 Å². The molecule has 0 radical (unpaired) electrons. The molecule has 2 aromatic carbocycles. The number of nitrogen functional groups attached to an aromatic ring is 1. The number of carbonyl (C=O) groups excluding carboxylic acids is 5. The zero-order valence-electron chi connectivity index (χ0n) is 36.3. The van der Waals surface area contributed by atoms with E-state index in [2.05, 4.69) is 17.1 Å². The second kappa shape index (κ2) is 21.7. The molecule has 0 aromatic heterocycles. The lowest BCUT2D eigenvalue weighted by Crippen LogP contribution is -2.51. The maximum Gasteiger partial charge on any atom is 0.418 e. The molecule has 18 heteroatoms. The summed E-state index contributed by atoms with van der Waals surface area (Å²) in [6, 6.07) is 9.40. The molecule has 2 aromatic rings. The molecular weight excluding hydrogens is 843 g/mol. The predicted molar refractivity (Wildman–Crippen MR) is 232 cm³/mol. The summed E-state index contributed by atoms with van der Waals surface area (Å²) in [5.41, 5.74) is 5.76. The third-order valence-corrected chi connectivity index (χ3v) is 13.4. The summed E-state index contributed by atoms with van der Waals surface area (Å²) in [7, 11) is 1.58. The van der Waals surface area contributed by atoms with Crippen molar-refractivity contribution in [3.05, 3.63) is 58.1 Å². The molecule has 4 aliphatic heterocycles. The number of amides is 5. The number of hydrogen-bond donors (Lipinski definition) is 2. The van der Waals surface area contributed by atoms with Gasteiger partial charge in [-0.1, -0.05) is 36.7 Å². The van der Waals surface area contributed by atoms with Crippen molar-refractivity contribution in [1.29, 1.82) is 0 Å². The minimum atomic E-state index is -4.81. The summed E-state index contributed by atoms with van der Waals surface area (Å²) >= 11 is 6.14. The van der Waals surface area contributed by atoms with E-state index < -0.39 is 35.5 Å². The van der Waals surface area contributed by atoms with Crippen LogP contribution in [-0.4, -0.2) is 139 Å². The number of nitrogens with one attached hydrogen (secondary N) is 1. The highest BCUT2D eigenvalue weighted by Gasteiger charge is 2.37. The van der Waals surface area contributed by atoms with Gasteiger partial charge < -0.3 is 40.1 Å². The van der Waals surface area contributed by atoms with Crippen LogP contribution in [0.25, 0.3) is 0 Å². The van der Waals surface area contributed by atoms with Crippen LogP contribution in [0.3, 0.4) is 0 Å². The van der Waals surface area contributed by atoms with Crippen molar-refractivity contribution in [2.24, 2.45) is 11.8 Å². The topological polar surface area (TPSA) is 158 Å². The second-order valence-corrected chi connectivity index (χ2v) is 17.8. The number of likely N-dealkylation sites (N-methyl/N-ethyl adjacent to an activating group) is 1. The highest BCUT2D eigenvalue weighted by atomic mass is 35.5. The molecule has 0 spiro atoms. The van der Waals surface area contributed by atoms with Crippen molar-refractivity contribution in [1.82, 2.24) is 24.5 Å². The fraction of sp³-hybridized carbons (Fsp3) is 0.622. The number of alkyl halides is 3. The number of rotatable bonds is 15. The molecule has 0 bridgehead atoms. The Balaban J connectivity index is 1.00. The number of ether oxygens (including phenoxy) is 2. The number of fused-ring (bicyclic) bond motifs is 1. The number of urea groups is 1. The van der Waals surface area contributed by atoms with E-state index in [1.165, 1.54) is 15.9 Å². The smallest absolute Gasteiger partial charge is 0.418 e. The van der Waals surface area contributed by atoms with E-state index in [4.69, 9.17) is 26.8 Å². The molecule has 3 saturated heterocycles. The maximum atomic E-state index is 14.1. The van der Waals surface area contributed by atoms with Crippen molar-refractivity contribution >= 4 is 52.9 Å². The molecule has 0 saturated carbocycles. The summed E-state index contributed by atoms with van der Waals surface area (Å²) in [5, 5.41) is 2.66. The Bertz CT molecular complexity index is 1940. The van der Waals surface area contributed by atoms with Crippen molar-refractivity contribution in [2.45, 2.75) is 95.9 Å². The van der Waals surface area contributed by atoms with E-state index in [0.717, 1.165) is 62.6 Å². The molecule has 63 heavy (non-hydrogen) atoms. The fourth-order valence-corrected chi connectivity index (χ4v) is 9.39. The molecule has 6 rings (SSSR count). The first-order valence-corrected chi connectivity index (χ1v) is 22.6. The lowest BCUT2D eigenvalue weighted by atomic mass is 9.83. The highest BCUT2D eigenvalue weighted by Crippen LogP contribution is 2.38. The van der Waals surface area contributed by atoms with Gasteiger partial charge in [-0.15, -0.1) is 0 Å². The van der Waals surface area contributed by atoms with Gasteiger partial charge in [0.05, 0.1) is 29.4 Å². The molecule has 0 aliphatic carbocycles. The summed E-state index contributed by atoms with van der Waals surface area (Å²) < 4.78 is 53.1. The molecule has 2 atom stereocenters. The quantitative estimate of drug-likeness (QED) is 0.113. The van der Waals surface area contributed by atoms with Crippen molar-refractivity contribution in [3.63, 3.8) is 0 Å². The Morgan fingerprint density at radius 1 is 0.984 bits per heavy atom. The third kappa shape index (κ3) is 12.9. The van der Waals surface area contributed by atoms with Crippen LogP contribution in [-0.2, 0) is 42.9 Å². The number of para-hydroxylation sites is 1. The first-order valence-electron chi connectivity index (χ1n) is 22.2. The largest absolute Gasteiger partial charge is 0.465 e. The SMILES string of the molecule is CC(CCN(C)C(=O)[C@@H](Cc1cc(Cl)c(N)c(C(F)(F)F)c1)OC(=O)N1CCC(N2CCc3ccccc3NC2=O)CC1)C1CCN(CC(=O)OCCCN2CCCCC2=O)CC1. The number of piperidine rings is 3. The van der Waals surface area contributed by atoms with Gasteiger partial charge in [-0.2, -0.15) is 13.2 Å². The number of hydrogen-bond acceptors (Lipinski definition) is 9. The van der Waals surface area contributed by atoms with Crippen molar-refractivity contribution < 1.29 is 46.6 Å². The van der Waals surface area contributed by atoms with Crippen LogP contribution in [0.5, 0.6) is 0 Å². The Hall–Kier alpha value is -4.77. The van der Waals surface area contributed by atoms with Crippen LogP contribution in [0.1, 0.15) is 81.4 Å². The minimum Gasteiger partial charge on any atom is -0.465 e. The molecule has 346 valence electrons. The van der Waals surface area contributed by atoms with Gasteiger partial charge in [0.1, 0.15) is 0 Å². The van der Waals surface area contributed by atoms with Crippen LogP contribution in [0.15, 0.2) is 36.4 Å². The highest BCUT2D eigenvalue weighted by molar-refractivity contribution is 6.33. The number of nitrogens with zero attached hydrogens (tertiary/aromatic N) is 5. The number of nitrogens with two attached hydrogens (primary N) is 1. The summed E-state index contributed by atoms with van der Waals surface area (Å²) in [6.45, 7) is 6.73. The van der Waals surface area contributed by atoms with Crippen molar-refractivity contribution in [2.75, 3.05) is 83.6 Å². The number of anilines is 2. The van der Waals surface area contributed by atoms with Crippen LogP contribution >= 0.6 is 11.6 Å². The summed E-state index contributed by atoms with van der Waals surface area (Å²) in [5.74, 6) is -0.136. The zero-order chi connectivity index (χ0) is 45.3. The molecule has 3 N–H and O–H groups in total. The van der Waals surface area contributed by atoms with E-state index in [-0.39, 0.29) is 73.1 Å².